The van der Waals surface area contributed by atoms with E-state index in [0.29, 0.717) is 0 Å². The maximum Gasteiger partial charge on any atom is 0.409 e. The minimum atomic E-state index is -4.00. The highest BCUT2D eigenvalue weighted by Crippen LogP contribution is 2.44. The van der Waals surface area contributed by atoms with Crippen LogP contribution in [0, 0.1) is 0 Å². The van der Waals surface area contributed by atoms with Crippen LogP contribution < -0.4 is 10.4 Å². The lowest BCUT2D eigenvalue weighted by Crippen LogP contribution is -2.30. The van der Waals surface area contributed by atoms with Crippen LogP contribution in [0.3, 0.4) is 0 Å². The van der Waals surface area contributed by atoms with Gasteiger partial charge in [0.2, 0.25) is 0 Å². The lowest BCUT2D eigenvalue weighted by molar-refractivity contribution is 0.109. The number of morpholine rings is 1. The van der Waals surface area contributed by atoms with Gasteiger partial charge in [0.1, 0.15) is 0 Å². The van der Waals surface area contributed by atoms with Crippen molar-refractivity contribution in [3.05, 3.63) is 0 Å². The predicted molar refractivity (Wildman–Crippen MR) is 54.9 cm³/mol. The van der Waals surface area contributed by atoms with Crippen molar-refractivity contribution >= 4 is 16.0 Å². The summed E-state index contributed by atoms with van der Waals surface area (Å²) in [7, 11) is -6.18. The third kappa shape index (κ3) is 10.5. The molecule has 0 spiro atoms. The van der Waals surface area contributed by atoms with Crippen LogP contribution in [0.2, 0.25) is 0 Å². The molecule has 0 radical (unpaired) electrons. The molecule has 0 saturated carbocycles. The molecule has 10 heteroatoms. The van der Waals surface area contributed by atoms with E-state index < -0.39 is 16.0 Å². The van der Waals surface area contributed by atoms with Crippen LogP contribution in [0.1, 0.15) is 0 Å². The van der Waals surface area contributed by atoms with Crippen molar-refractivity contribution in [1.82, 2.24) is 10.4 Å². The Labute approximate surface area is 88.5 Å². The highest BCUT2D eigenvalue weighted by molar-refractivity contribution is 7.57. The van der Waals surface area contributed by atoms with Crippen LogP contribution in [0.25, 0.3) is 0 Å². The molecule has 1 rings (SSSR count). The lowest BCUT2D eigenvalue weighted by atomic mass is 10.5. The van der Waals surface area contributed by atoms with E-state index in [1.54, 1.807) is 0 Å². The Balaban J connectivity index is 0.000000280. The second-order valence-electron chi connectivity index (χ2n) is 2.46. The summed E-state index contributed by atoms with van der Waals surface area (Å²) in [6, 6.07) is 0. The molecule has 1 fully saturated rings. The minimum absolute atomic E-state index is 0.889. The average molecular weight is 262 g/mol. The molecule has 0 bridgehead atoms. The molecule has 0 aromatic carbocycles. The standard InChI is InChI=1S/C4H9NO.CH7NO5P2/c1-3-6-4-2-5-1;1-2-9(5,6)7-8(3)4/h5H,1-4H2;8H,1H3,(H,3,4)(H2,2,5,6). The molecule has 4 N–H and O–H groups in total. The van der Waals surface area contributed by atoms with Crippen LogP contribution in [0.5, 0.6) is 0 Å². The summed E-state index contributed by atoms with van der Waals surface area (Å²) in [5.41, 5.74) is 0. The van der Waals surface area contributed by atoms with Gasteiger partial charge in [-0.25, -0.2) is 14.0 Å². The highest BCUT2D eigenvalue weighted by atomic mass is 31.2. The molecular formula is C5H16N2O6P2. The van der Waals surface area contributed by atoms with Crippen LogP contribution >= 0.6 is 16.0 Å². The number of ether oxygens (including phenoxy) is 1. The van der Waals surface area contributed by atoms with Gasteiger partial charge in [-0.1, -0.05) is 0 Å². The molecule has 0 aromatic heterocycles. The number of hydrogen-bond donors (Lipinski definition) is 4. The van der Waals surface area contributed by atoms with Gasteiger partial charge in [-0.3, -0.25) is 4.57 Å². The highest BCUT2D eigenvalue weighted by Gasteiger charge is 2.17. The number of nitrogens with one attached hydrogen (secondary N) is 2. The monoisotopic (exact) mass is 262 g/mol. The maximum atomic E-state index is 10.3. The fourth-order valence-corrected chi connectivity index (χ4v) is 1.88. The van der Waals surface area contributed by atoms with E-state index in [4.69, 9.17) is 14.5 Å². The number of rotatable bonds is 3. The molecule has 2 unspecified atom stereocenters. The zero-order chi connectivity index (χ0) is 11.7. The molecule has 1 aliphatic rings. The van der Waals surface area contributed by atoms with Crippen molar-refractivity contribution in [3.8, 4) is 0 Å². The summed E-state index contributed by atoms with van der Waals surface area (Å²) in [5, 5.41) is 4.99. The molecule has 0 amide bonds. The van der Waals surface area contributed by atoms with E-state index in [1.807, 2.05) is 5.09 Å². The third-order valence-corrected chi connectivity index (χ3v) is 3.51. The van der Waals surface area contributed by atoms with E-state index in [1.165, 1.54) is 0 Å². The van der Waals surface area contributed by atoms with Crippen molar-refractivity contribution in [1.29, 1.82) is 0 Å². The average Bonchev–Trinajstić information content (AvgIpc) is 2.20. The molecule has 15 heavy (non-hydrogen) atoms. The van der Waals surface area contributed by atoms with Gasteiger partial charge in [-0.05, 0) is 7.05 Å². The molecular weight excluding hydrogens is 246 g/mol. The smallest absolute Gasteiger partial charge is 0.379 e. The van der Waals surface area contributed by atoms with E-state index in [2.05, 4.69) is 9.63 Å². The Bertz CT molecular complexity index is 222. The number of hydrogen-bond acceptors (Lipinski definition) is 5. The quantitative estimate of drug-likeness (QED) is 0.494. The molecule has 1 aliphatic heterocycles. The largest absolute Gasteiger partial charge is 0.409 e. The van der Waals surface area contributed by atoms with Gasteiger partial charge in [0.05, 0.1) is 13.2 Å². The van der Waals surface area contributed by atoms with E-state index >= 15 is 0 Å². The lowest BCUT2D eigenvalue weighted by Gasteiger charge is -2.10. The Hall–Kier alpha value is 0.220. The van der Waals surface area contributed by atoms with Gasteiger partial charge in [0, 0.05) is 13.1 Å². The third-order valence-electron chi connectivity index (χ3n) is 1.33. The van der Waals surface area contributed by atoms with Gasteiger partial charge in [-0.15, -0.1) is 0 Å². The normalized spacial score (nSPS) is 22.1. The summed E-state index contributed by atoms with van der Waals surface area (Å²) >= 11 is 0. The summed E-state index contributed by atoms with van der Waals surface area (Å²) in [4.78, 5) is 16.4. The zero-order valence-electron chi connectivity index (χ0n) is 8.30. The Morgan fingerprint density at radius 1 is 1.53 bits per heavy atom. The second kappa shape index (κ2) is 8.38. The van der Waals surface area contributed by atoms with Crippen molar-refractivity contribution in [3.63, 3.8) is 0 Å². The van der Waals surface area contributed by atoms with Crippen molar-refractivity contribution in [2.75, 3.05) is 33.4 Å². The predicted octanol–water partition coefficient (Wildman–Crippen LogP) is -0.689. The summed E-state index contributed by atoms with van der Waals surface area (Å²) in [5.74, 6) is 0. The van der Waals surface area contributed by atoms with Gasteiger partial charge < -0.3 is 19.8 Å². The fourth-order valence-electron chi connectivity index (χ4n) is 0.667. The molecule has 92 valence electrons. The second-order valence-corrected chi connectivity index (χ2v) is 5.21. The SMILES string of the molecule is C1COCCN1.CNP(=O)(O)O[PH](=O)O. The molecule has 0 aliphatic carbocycles. The minimum Gasteiger partial charge on any atom is -0.379 e. The fraction of sp³-hybridized carbons (Fsp3) is 1.00. The Morgan fingerprint density at radius 2 is 2.07 bits per heavy atom. The van der Waals surface area contributed by atoms with E-state index in [-0.39, 0.29) is 0 Å². The Kier molecular flexibility index (Phi) is 8.50. The van der Waals surface area contributed by atoms with Gasteiger partial charge in [-0.2, -0.15) is 0 Å². The molecule has 0 aromatic rings. The molecule has 1 saturated heterocycles. The summed E-state index contributed by atoms with van der Waals surface area (Å²) < 4.78 is 28.7. The molecule has 1 heterocycles. The first-order valence-corrected chi connectivity index (χ1v) is 7.05. The van der Waals surface area contributed by atoms with Gasteiger partial charge in [0.25, 0.3) is 0 Å². The van der Waals surface area contributed by atoms with Crippen LogP contribution in [0.4, 0.5) is 0 Å². The first-order chi connectivity index (χ1) is 6.98. The summed E-state index contributed by atoms with van der Waals surface area (Å²) in [6.07, 6.45) is 0. The van der Waals surface area contributed by atoms with Crippen LogP contribution in [0.15, 0.2) is 0 Å². The van der Waals surface area contributed by atoms with Crippen molar-refractivity contribution < 1.29 is 28.0 Å². The van der Waals surface area contributed by atoms with Crippen LogP contribution in [-0.2, 0) is 18.2 Å². The topological polar surface area (TPSA) is 117 Å². The van der Waals surface area contributed by atoms with Gasteiger partial charge in [0.15, 0.2) is 0 Å². The molecule has 8 nitrogen and oxygen atoms in total. The zero-order valence-corrected chi connectivity index (χ0v) is 10.2. The van der Waals surface area contributed by atoms with Crippen molar-refractivity contribution in [2.24, 2.45) is 0 Å². The first kappa shape index (κ1) is 15.2. The first-order valence-electron chi connectivity index (χ1n) is 4.21. The Morgan fingerprint density at radius 3 is 2.20 bits per heavy atom. The molecule has 2 atom stereocenters. The summed E-state index contributed by atoms with van der Waals surface area (Å²) in [6.45, 7) is 3.83. The van der Waals surface area contributed by atoms with Crippen molar-refractivity contribution in [2.45, 2.75) is 0 Å². The van der Waals surface area contributed by atoms with E-state index in [0.717, 1.165) is 33.4 Å². The van der Waals surface area contributed by atoms with Crippen LogP contribution in [-0.4, -0.2) is 43.1 Å². The van der Waals surface area contributed by atoms with E-state index in [9.17, 15) is 9.13 Å². The van der Waals surface area contributed by atoms with Gasteiger partial charge >= 0.3 is 16.0 Å². The maximum absolute atomic E-state index is 10.3.